The molecule has 0 aromatic heterocycles. The maximum Gasteiger partial charge on any atom is 0.110 e. The summed E-state index contributed by atoms with van der Waals surface area (Å²) in [5.41, 5.74) is 0. The molecule has 0 spiro atoms. The van der Waals surface area contributed by atoms with E-state index in [0.29, 0.717) is 0 Å². The van der Waals surface area contributed by atoms with E-state index < -0.39 is 0 Å². The zero-order chi connectivity index (χ0) is 8.69. The number of allylic oxidation sites excluding steroid dienone is 2. The largest absolute Gasteiger partial charge is 0.110 e. The molecule has 0 nitrogen and oxygen atoms in total. The van der Waals surface area contributed by atoms with E-state index in [2.05, 4.69) is 40.8 Å². The first-order valence-corrected chi connectivity index (χ1v) is 4.83. The normalized spacial score (nSPS) is 14.5. The van der Waals surface area contributed by atoms with Crippen LogP contribution in [0.4, 0.5) is 0 Å². The average molecular weight is 152 g/mol. The highest BCUT2D eigenvalue weighted by atomic mass is 14.0. The van der Waals surface area contributed by atoms with Gasteiger partial charge in [0.2, 0.25) is 0 Å². The van der Waals surface area contributed by atoms with Crippen LogP contribution in [0.15, 0.2) is 12.2 Å². The zero-order valence-corrected chi connectivity index (χ0v) is 8.43. The third-order valence-corrected chi connectivity index (χ3v) is 1.82. The lowest BCUT2D eigenvalue weighted by molar-refractivity contribution is 0.661. The first-order valence-electron chi connectivity index (χ1n) is 4.83. The second kappa shape index (κ2) is 6.51. The summed E-state index contributed by atoms with van der Waals surface area (Å²) in [7, 11) is 2.29. The van der Waals surface area contributed by atoms with Crippen molar-refractivity contribution in [3.63, 3.8) is 0 Å². The van der Waals surface area contributed by atoms with Gasteiger partial charge in [-0.05, 0) is 12.3 Å². The van der Waals surface area contributed by atoms with Crippen LogP contribution in [-0.2, 0) is 0 Å². The van der Waals surface area contributed by atoms with Crippen LogP contribution in [0.25, 0.3) is 0 Å². The lowest BCUT2D eigenvalue weighted by Crippen LogP contribution is -1.87. The highest BCUT2D eigenvalue weighted by Crippen LogP contribution is 2.11. The van der Waals surface area contributed by atoms with Gasteiger partial charge in [0, 0.05) is 0 Å². The molecule has 1 heteroatoms. The summed E-state index contributed by atoms with van der Waals surface area (Å²) in [6, 6.07) is 0. The molecule has 0 aromatic rings. The molecule has 11 heavy (non-hydrogen) atoms. The molecule has 0 saturated carbocycles. The van der Waals surface area contributed by atoms with Gasteiger partial charge in [0.15, 0.2) is 0 Å². The molecule has 0 heterocycles. The molecule has 0 aromatic carbocycles. The molecule has 0 N–H and O–H groups in total. The first-order chi connectivity index (χ1) is 5.16. The molecular weight excluding hydrogens is 131 g/mol. The minimum Gasteiger partial charge on any atom is -0.0934 e. The Kier molecular flexibility index (Phi) is 6.40. The van der Waals surface area contributed by atoms with Gasteiger partial charge >= 0.3 is 0 Å². The molecule has 1 atom stereocenters. The fourth-order valence-corrected chi connectivity index (χ4v) is 1.13. The highest BCUT2D eigenvalue weighted by molar-refractivity contribution is 6.12. The van der Waals surface area contributed by atoms with Crippen molar-refractivity contribution in [1.82, 2.24) is 0 Å². The maximum absolute atomic E-state index is 2.35. The van der Waals surface area contributed by atoms with Gasteiger partial charge in [-0.25, -0.2) is 0 Å². The van der Waals surface area contributed by atoms with E-state index >= 15 is 0 Å². The van der Waals surface area contributed by atoms with Crippen molar-refractivity contribution in [1.29, 1.82) is 0 Å². The van der Waals surface area contributed by atoms with Crippen molar-refractivity contribution in [3.05, 3.63) is 12.2 Å². The fourth-order valence-electron chi connectivity index (χ4n) is 1.13. The number of rotatable bonds is 5. The molecule has 0 radical (unpaired) electrons. The molecule has 64 valence electrons. The lowest BCUT2D eigenvalue weighted by atomic mass is 9.83. The molecule has 0 amide bonds. The first kappa shape index (κ1) is 10.8. The van der Waals surface area contributed by atoms with E-state index in [1.165, 1.54) is 19.3 Å². The topological polar surface area (TPSA) is 0 Å². The van der Waals surface area contributed by atoms with E-state index in [-0.39, 0.29) is 0 Å². The van der Waals surface area contributed by atoms with E-state index in [9.17, 15) is 0 Å². The Hall–Kier alpha value is -0.195. The molecular formula is C10H21B. The van der Waals surface area contributed by atoms with Gasteiger partial charge < -0.3 is 0 Å². The Morgan fingerprint density at radius 2 is 2.00 bits per heavy atom. The van der Waals surface area contributed by atoms with E-state index in [1.807, 2.05) is 0 Å². The summed E-state index contributed by atoms with van der Waals surface area (Å²) < 4.78 is 0. The van der Waals surface area contributed by atoms with E-state index in [0.717, 1.165) is 11.7 Å². The van der Waals surface area contributed by atoms with Crippen molar-refractivity contribution in [3.8, 4) is 0 Å². The van der Waals surface area contributed by atoms with Gasteiger partial charge in [0.1, 0.15) is 7.85 Å². The summed E-state index contributed by atoms with van der Waals surface area (Å²) in [4.78, 5) is 0. The predicted molar refractivity (Wildman–Crippen MR) is 55.8 cm³/mol. The lowest BCUT2D eigenvalue weighted by Gasteiger charge is -2.03. The highest BCUT2D eigenvalue weighted by Gasteiger charge is 1.94. The second-order valence-corrected chi connectivity index (χ2v) is 3.82. The van der Waals surface area contributed by atoms with Crippen LogP contribution < -0.4 is 0 Å². The van der Waals surface area contributed by atoms with Gasteiger partial charge in [-0.2, -0.15) is 0 Å². The van der Waals surface area contributed by atoms with Gasteiger partial charge in [-0.1, -0.05) is 51.6 Å². The SMILES string of the molecule is BC(/C=C\CC(C)C)CCC. The van der Waals surface area contributed by atoms with Crippen LogP contribution in [0, 0.1) is 5.92 Å². The monoisotopic (exact) mass is 152 g/mol. The van der Waals surface area contributed by atoms with Crippen LogP contribution in [0.1, 0.15) is 40.0 Å². The van der Waals surface area contributed by atoms with Crippen molar-refractivity contribution in [2.75, 3.05) is 0 Å². The van der Waals surface area contributed by atoms with Crippen LogP contribution in [0.5, 0.6) is 0 Å². The average Bonchev–Trinajstić information content (AvgIpc) is 1.87. The summed E-state index contributed by atoms with van der Waals surface area (Å²) >= 11 is 0. The summed E-state index contributed by atoms with van der Waals surface area (Å²) in [6.45, 7) is 6.76. The third-order valence-electron chi connectivity index (χ3n) is 1.82. The Morgan fingerprint density at radius 3 is 2.45 bits per heavy atom. The minimum absolute atomic E-state index is 0.777. The molecule has 0 aliphatic carbocycles. The Balaban J connectivity index is 3.39. The molecule has 1 unspecified atom stereocenters. The standard InChI is InChI=1S/C10H21B/c1-4-6-10(11)8-5-7-9(2)3/h5,8-10H,4,6-7,11H2,1-3H3/b8-5-. The second-order valence-electron chi connectivity index (χ2n) is 3.82. The summed E-state index contributed by atoms with van der Waals surface area (Å²) in [5, 5.41) is 0. The molecule has 0 aliphatic heterocycles. The van der Waals surface area contributed by atoms with Crippen molar-refractivity contribution >= 4 is 7.85 Å². The number of hydrogen-bond acceptors (Lipinski definition) is 0. The molecule has 0 fully saturated rings. The maximum atomic E-state index is 2.35. The fraction of sp³-hybridized carbons (Fsp3) is 0.800. The molecule has 0 aliphatic rings. The smallest absolute Gasteiger partial charge is 0.0934 e. The van der Waals surface area contributed by atoms with Crippen LogP contribution >= 0.6 is 0 Å². The van der Waals surface area contributed by atoms with Gasteiger partial charge in [0.25, 0.3) is 0 Å². The third kappa shape index (κ3) is 7.70. The Bertz CT molecular complexity index is 105. The summed E-state index contributed by atoms with van der Waals surface area (Å²) in [5.74, 6) is 1.58. The van der Waals surface area contributed by atoms with Crippen molar-refractivity contribution < 1.29 is 0 Å². The minimum atomic E-state index is 0.777. The zero-order valence-electron chi connectivity index (χ0n) is 8.43. The Morgan fingerprint density at radius 1 is 1.36 bits per heavy atom. The summed E-state index contributed by atoms with van der Waals surface area (Å²) in [6.07, 6.45) is 8.53. The van der Waals surface area contributed by atoms with E-state index in [1.54, 1.807) is 0 Å². The van der Waals surface area contributed by atoms with Crippen molar-refractivity contribution in [2.45, 2.75) is 45.9 Å². The van der Waals surface area contributed by atoms with Gasteiger partial charge in [-0.3, -0.25) is 0 Å². The van der Waals surface area contributed by atoms with E-state index in [4.69, 9.17) is 0 Å². The van der Waals surface area contributed by atoms with Crippen LogP contribution in [0.3, 0.4) is 0 Å². The van der Waals surface area contributed by atoms with Gasteiger partial charge in [-0.15, -0.1) is 0 Å². The van der Waals surface area contributed by atoms with Gasteiger partial charge in [0.05, 0.1) is 0 Å². The predicted octanol–water partition coefficient (Wildman–Crippen LogP) is 2.81. The molecule has 0 rings (SSSR count). The number of hydrogen-bond donors (Lipinski definition) is 0. The van der Waals surface area contributed by atoms with Crippen molar-refractivity contribution in [2.24, 2.45) is 5.92 Å². The molecule has 0 bridgehead atoms. The molecule has 0 saturated heterocycles. The van der Waals surface area contributed by atoms with Crippen LogP contribution in [-0.4, -0.2) is 7.85 Å². The Labute approximate surface area is 72.5 Å². The van der Waals surface area contributed by atoms with Crippen LogP contribution in [0.2, 0.25) is 5.82 Å². The quantitative estimate of drug-likeness (QED) is 0.419.